The summed E-state index contributed by atoms with van der Waals surface area (Å²) in [5.41, 5.74) is 2.88. The zero-order valence-corrected chi connectivity index (χ0v) is 76.0. The van der Waals surface area contributed by atoms with Crippen molar-refractivity contribution in [1.82, 2.24) is 4.90 Å². The highest BCUT2D eigenvalue weighted by atomic mass is 16.6. The van der Waals surface area contributed by atoms with Crippen molar-refractivity contribution in [2.75, 3.05) is 60.3 Å². The molecule has 0 saturated carbocycles. The van der Waals surface area contributed by atoms with Gasteiger partial charge in [0.15, 0.2) is 0 Å². The lowest BCUT2D eigenvalue weighted by Gasteiger charge is -2.09. The van der Waals surface area contributed by atoms with Crippen LogP contribution in [0.1, 0.15) is 461 Å². The van der Waals surface area contributed by atoms with Crippen molar-refractivity contribution in [2.45, 2.75) is 461 Å². The summed E-state index contributed by atoms with van der Waals surface area (Å²) in [7, 11) is 3.85. The van der Waals surface area contributed by atoms with Gasteiger partial charge < -0.3 is 33.3 Å². The van der Waals surface area contributed by atoms with Crippen LogP contribution in [0.15, 0.2) is 72.9 Å². The zero-order valence-electron chi connectivity index (χ0n) is 76.0. The van der Waals surface area contributed by atoms with Gasteiger partial charge in [-0.1, -0.05) is 427 Å². The quantitative estimate of drug-likeness (QED) is 0.0245. The topological polar surface area (TPSA) is 161 Å². The second kappa shape index (κ2) is 99.4. The fourth-order valence-corrected chi connectivity index (χ4v) is 11.6. The fourth-order valence-electron chi connectivity index (χ4n) is 11.6. The van der Waals surface area contributed by atoms with E-state index in [0.29, 0.717) is 73.1 Å². The number of esters is 6. The highest BCUT2D eigenvalue weighted by molar-refractivity contribution is 5.88. The van der Waals surface area contributed by atoms with Gasteiger partial charge >= 0.3 is 35.8 Å². The molecular weight excluding hydrogens is 1380 g/mol. The molecule has 0 aromatic carbocycles. The van der Waals surface area contributed by atoms with Gasteiger partial charge in [0.25, 0.3) is 0 Å². The van der Waals surface area contributed by atoms with Gasteiger partial charge in [-0.3, -0.25) is 0 Å². The first kappa shape index (κ1) is 117. The molecular formula is C98H185NO12. The molecule has 0 atom stereocenters. The monoisotopic (exact) mass is 1570 g/mol. The number of unbranched alkanes of at least 4 members (excludes halogenated alkanes) is 55. The Hall–Kier alpha value is -4.78. The molecule has 654 valence electrons. The Labute approximate surface area is 688 Å². The molecule has 0 fully saturated rings. The SMILES string of the molecule is C=C(C)C(=O)OCCCC.C=C(C)C(=O)OCCCCCCCCCCCC.C=C(C)C(=O)OCCCCCCCCCCCCCCCC.C=C(C)C(=O)OCCCCCCCCCCCCCCCCCC.C=C(C)C(=O)OCCCCCCCCCCCCCCCCCCCC.C=C(C)C(=O)OCCN(C)C. The van der Waals surface area contributed by atoms with Gasteiger partial charge in [-0.15, -0.1) is 0 Å². The molecule has 0 aliphatic rings. The molecule has 0 rings (SSSR count). The highest BCUT2D eigenvalue weighted by Gasteiger charge is 2.08. The van der Waals surface area contributed by atoms with Crippen LogP contribution in [0.5, 0.6) is 0 Å². The van der Waals surface area contributed by atoms with Crippen LogP contribution in [0.25, 0.3) is 0 Å². The van der Waals surface area contributed by atoms with Crippen molar-refractivity contribution >= 4 is 35.8 Å². The molecule has 0 radical (unpaired) electrons. The van der Waals surface area contributed by atoms with Crippen LogP contribution in [0.2, 0.25) is 0 Å². The Balaban J connectivity index is -0.000000306. The van der Waals surface area contributed by atoms with Crippen molar-refractivity contribution in [2.24, 2.45) is 0 Å². The van der Waals surface area contributed by atoms with Crippen molar-refractivity contribution in [3.63, 3.8) is 0 Å². The lowest BCUT2D eigenvalue weighted by atomic mass is 10.0. The normalized spacial score (nSPS) is 10.4. The van der Waals surface area contributed by atoms with Crippen molar-refractivity contribution in [3.8, 4) is 0 Å². The van der Waals surface area contributed by atoms with E-state index >= 15 is 0 Å². The van der Waals surface area contributed by atoms with E-state index in [1.807, 2.05) is 19.0 Å². The summed E-state index contributed by atoms with van der Waals surface area (Å²) in [6.07, 6.45) is 80.2. The molecule has 13 heteroatoms. The van der Waals surface area contributed by atoms with E-state index in [1.165, 1.54) is 347 Å². The smallest absolute Gasteiger partial charge is 0.333 e. The third kappa shape index (κ3) is 112. The third-order valence-electron chi connectivity index (χ3n) is 19.0. The van der Waals surface area contributed by atoms with Crippen LogP contribution in [0.4, 0.5) is 0 Å². The van der Waals surface area contributed by atoms with E-state index in [-0.39, 0.29) is 35.8 Å². The Kier molecular flexibility index (Phi) is 105. The van der Waals surface area contributed by atoms with Crippen molar-refractivity contribution in [1.29, 1.82) is 0 Å². The lowest BCUT2D eigenvalue weighted by molar-refractivity contribution is -0.140. The molecule has 0 saturated heterocycles. The average Bonchev–Trinajstić information content (AvgIpc) is 1.13. The van der Waals surface area contributed by atoms with Crippen LogP contribution in [0, 0.1) is 0 Å². The number of carbonyl (C=O) groups excluding carboxylic acids is 6. The lowest BCUT2D eigenvalue weighted by Crippen LogP contribution is -2.20. The summed E-state index contributed by atoms with van der Waals surface area (Å²) < 4.78 is 29.9. The molecule has 0 spiro atoms. The summed E-state index contributed by atoms with van der Waals surface area (Å²) in [6, 6.07) is 0. The van der Waals surface area contributed by atoms with E-state index in [2.05, 4.69) is 74.1 Å². The Morgan fingerprint density at radius 2 is 0.288 bits per heavy atom. The Morgan fingerprint density at radius 1 is 0.180 bits per heavy atom. The zero-order chi connectivity index (χ0) is 84.1. The van der Waals surface area contributed by atoms with Gasteiger partial charge in [-0.25, -0.2) is 28.8 Å². The number of ether oxygens (including phenoxy) is 6. The molecule has 0 unspecified atom stereocenters. The second-order valence-corrected chi connectivity index (χ2v) is 31.7. The van der Waals surface area contributed by atoms with Crippen LogP contribution in [-0.2, 0) is 57.2 Å². The first-order chi connectivity index (χ1) is 53.4. The van der Waals surface area contributed by atoms with E-state index in [1.54, 1.807) is 41.5 Å². The molecule has 0 bridgehead atoms. The van der Waals surface area contributed by atoms with Gasteiger partial charge in [-0.05, 0) is 87.7 Å². The summed E-state index contributed by atoms with van der Waals surface area (Å²) in [4.78, 5) is 68.1. The number of hydrogen-bond donors (Lipinski definition) is 0. The van der Waals surface area contributed by atoms with Crippen LogP contribution >= 0.6 is 0 Å². The standard InChI is InChI=1S/C24H46O2.C22H42O2.C20H38O2.C16H30O2.C8H15NO2.C8H14O2/c1-4-5-6-7-8-9-10-11-12-13-14-15-16-17-18-19-20-21-22-26-24(25)23(2)3;1-4-5-6-7-8-9-10-11-12-13-14-15-16-17-18-19-20-24-22(23)21(2)3;1-4-5-6-7-8-9-10-11-12-13-14-15-16-17-18-22-20(21)19(2)3;1-4-5-6-7-8-9-10-11-12-13-14-18-16(17)15(2)3;1-7(2)8(10)11-6-5-9(3)4;1-4-5-6-10-8(9)7(2)3/h2,4-22H2,1,3H3;2,4-20H2,1,3H3;2,4-18H2,1,3H3;2,4-14H2,1,3H3;1,5-6H2,2-4H3;2,4-6H2,1,3H3. The van der Waals surface area contributed by atoms with E-state index in [9.17, 15) is 28.8 Å². The van der Waals surface area contributed by atoms with Gasteiger partial charge in [0, 0.05) is 40.0 Å². The maximum atomic E-state index is 11.2. The van der Waals surface area contributed by atoms with Crippen molar-refractivity contribution < 1.29 is 57.2 Å². The first-order valence-corrected chi connectivity index (χ1v) is 46.0. The summed E-state index contributed by atoms with van der Waals surface area (Å²) in [6.45, 7) is 46.2. The number of nitrogens with zero attached hydrogens (tertiary/aromatic N) is 1. The minimum absolute atomic E-state index is 0.253. The fraction of sp³-hybridized carbons (Fsp3) is 0.816. The maximum absolute atomic E-state index is 11.2. The van der Waals surface area contributed by atoms with E-state index in [0.717, 1.165) is 45.1 Å². The van der Waals surface area contributed by atoms with Crippen LogP contribution in [0.3, 0.4) is 0 Å². The predicted octanol–water partition coefficient (Wildman–Crippen LogP) is 29.7. The average molecular weight is 1570 g/mol. The van der Waals surface area contributed by atoms with Gasteiger partial charge in [-0.2, -0.15) is 0 Å². The second-order valence-electron chi connectivity index (χ2n) is 31.7. The van der Waals surface area contributed by atoms with Crippen LogP contribution < -0.4 is 0 Å². The largest absolute Gasteiger partial charge is 0.462 e. The number of carbonyl (C=O) groups is 6. The molecule has 0 aromatic rings. The van der Waals surface area contributed by atoms with Gasteiger partial charge in [0.1, 0.15) is 6.61 Å². The molecule has 0 aromatic heterocycles. The highest BCUT2D eigenvalue weighted by Crippen LogP contribution is 2.19. The van der Waals surface area contributed by atoms with E-state index in [4.69, 9.17) is 28.4 Å². The first-order valence-electron chi connectivity index (χ1n) is 46.0. The van der Waals surface area contributed by atoms with Crippen molar-refractivity contribution in [3.05, 3.63) is 72.9 Å². The van der Waals surface area contributed by atoms with Gasteiger partial charge in [0.2, 0.25) is 0 Å². The molecule has 0 N–H and O–H groups in total. The molecule has 0 amide bonds. The van der Waals surface area contributed by atoms with Crippen LogP contribution in [-0.4, -0.2) is 101 Å². The molecule has 0 heterocycles. The molecule has 13 nitrogen and oxygen atoms in total. The maximum Gasteiger partial charge on any atom is 0.333 e. The molecule has 111 heavy (non-hydrogen) atoms. The summed E-state index contributed by atoms with van der Waals surface area (Å²) in [5, 5.41) is 0. The number of rotatable bonds is 74. The Morgan fingerprint density at radius 3 is 0.405 bits per heavy atom. The molecule has 0 aliphatic carbocycles. The van der Waals surface area contributed by atoms with Gasteiger partial charge in [0.05, 0.1) is 33.0 Å². The molecule has 0 aliphatic heterocycles. The predicted molar refractivity (Wildman–Crippen MR) is 479 cm³/mol. The van der Waals surface area contributed by atoms with E-state index < -0.39 is 0 Å². The summed E-state index contributed by atoms with van der Waals surface area (Å²) >= 11 is 0. The number of likely N-dealkylation sites (N-methyl/N-ethyl adjacent to an activating group) is 1. The third-order valence-corrected chi connectivity index (χ3v) is 19.0. The summed E-state index contributed by atoms with van der Waals surface area (Å²) in [5.74, 6) is -1.62. The number of hydrogen-bond acceptors (Lipinski definition) is 13. The minimum atomic E-state index is -0.313. The minimum Gasteiger partial charge on any atom is -0.462 e. The Bertz CT molecular complexity index is 2150.